The van der Waals surface area contributed by atoms with Gasteiger partial charge in [0, 0.05) is 24.5 Å². The molecule has 0 aliphatic rings. The standard InChI is InChI=1S/C17H22N4O3S/c1-12(2)10-15(22)19-20-16(23)11-25-17-18-8-9-21(17)13-4-6-14(24-3)7-5-13/h4-9,12H,10-11H2,1-3H3,(H,19,22)(H,20,23). The number of nitrogens with zero attached hydrogens (tertiary/aromatic N) is 2. The fourth-order valence-corrected chi connectivity index (χ4v) is 2.84. The molecule has 0 unspecified atom stereocenters. The molecule has 7 nitrogen and oxygen atoms in total. The number of ether oxygens (including phenoxy) is 1. The van der Waals surface area contributed by atoms with E-state index in [4.69, 9.17) is 4.74 Å². The van der Waals surface area contributed by atoms with Crippen molar-refractivity contribution in [2.75, 3.05) is 12.9 Å². The van der Waals surface area contributed by atoms with E-state index in [1.807, 2.05) is 48.9 Å². The first kappa shape index (κ1) is 18.9. The molecule has 0 fully saturated rings. The molecule has 2 N–H and O–H groups in total. The molecule has 0 saturated heterocycles. The second-order valence-electron chi connectivity index (χ2n) is 5.76. The highest BCUT2D eigenvalue weighted by Gasteiger charge is 2.10. The van der Waals surface area contributed by atoms with Crippen molar-refractivity contribution < 1.29 is 14.3 Å². The van der Waals surface area contributed by atoms with Gasteiger partial charge < -0.3 is 4.74 Å². The van der Waals surface area contributed by atoms with Crippen LogP contribution in [0.1, 0.15) is 20.3 Å². The van der Waals surface area contributed by atoms with Crippen LogP contribution in [0.5, 0.6) is 5.75 Å². The molecule has 0 radical (unpaired) electrons. The van der Waals surface area contributed by atoms with E-state index in [2.05, 4.69) is 15.8 Å². The Morgan fingerprint density at radius 2 is 1.88 bits per heavy atom. The Kier molecular flexibility index (Phi) is 6.88. The van der Waals surface area contributed by atoms with Gasteiger partial charge in [-0.1, -0.05) is 25.6 Å². The van der Waals surface area contributed by atoms with Gasteiger partial charge in [-0.15, -0.1) is 0 Å². The summed E-state index contributed by atoms with van der Waals surface area (Å²) in [6, 6.07) is 7.55. The largest absolute Gasteiger partial charge is 0.497 e. The van der Waals surface area contributed by atoms with Crippen LogP contribution in [0.3, 0.4) is 0 Å². The predicted molar refractivity (Wildman–Crippen MR) is 96.6 cm³/mol. The Morgan fingerprint density at radius 1 is 1.20 bits per heavy atom. The van der Waals surface area contributed by atoms with Crippen LogP contribution in [-0.2, 0) is 9.59 Å². The monoisotopic (exact) mass is 362 g/mol. The Bertz CT molecular complexity index is 713. The van der Waals surface area contributed by atoms with Gasteiger partial charge in [-0.05, 0) is 30.2 Å². The summed E-state index contributed by atoms with van der Waals surface area (Å²) < 4.78 is 7.03. The van der Waals surface area contributed by atoms with E-state index < -0.39 is 0 Å². The maximum absolute atomic E-state index is 11.9. The van der Waals surface area contributed by atoms with Crippen LogP contribution >= 0.6 is 11.8 Å². The smallest absolute Gasteiger partial charge is 0.248 e. The third-order valence-corrected chi connectivity index (χ3v) is 4.19. The lowest BCUT2D eigenvalue weighted by Crippen LogP contribution is -2.42. The molecule has 2 aromatic rings. The lowest BCUT2D eigenvalue weighted by Gasteiger charge is -2.10. The number of imidazole rings is 1. The number of carbonyl (C=O) groups excluding carboxylic acids is 2. The van der Waals surface area contributed by atoms with Crippen LogP contribution in [0, 0.1) is 5.92 Å². The molecular weight excluding hydrogens is 340 g/mol. The van der Waals surface area contributed by atoms with E-state index in [0.717, 1.165) is 11.4 Å². The molecule has 1 aromatic carbocycles. The molecule has 2 amide bonds. The van der Waals surface area contributed by atoms with Gasteiger partial charge in [0.05, 0.1) is 12.9 Å². The fraction of sp³-hybridized carbons (Fsp3) is 0.353. The highest BCUT2D eigenvalue weighted by molar-refractivity contribution is 7.99. The van der Waals surface area contributed by atoms with Gasteiger partial charge in [-0.2, -0.15) is 0 Å². The van der Waals surface area contributed by atoms with Crippen molar-refractivity contribution in [3.8, 4) is 11.4 Å². The SMILES string of the molecule is COc1ccc(-n2ccnc2SCC(=O)NNC(=O)CC(C)C)cc1. The lowest BCUT2D eigenvalue weighted by molar-refractivity contribution is -0.128. The lowest BCUT2D eigenvalue weighted by atomic mass is 10.1. The number of amides is 2. The van der Waals surface area contributed by atoms with Crippen molar-refractivity contribution in [2.45, 2.75) is 25.4 Å². The Balaban J connectivity index is 1.88. The Labute approximate surface area is 151 Å². The summed E-state index contributed by atoms with van der Waals surface area (Å²) in [6.45, 7) is 3.88. The molecule has 0 bridgehead atoms. The summed E-state index contributed by atoms with van der Waals surface area (Å²) in [5, 5.41) is 0.689. The zero-order valence-electron chi connectivity index (χ0n) is 14.5. The normalized spacial score (nSPS) is 10.6. The van der Waals surface area contributed by atoms with Gasteiger partial charge in [-0.25, -0.2) is 4.98 Å². The van der Waals surface area contributed by atoms with Crippen molar-refractivity contribution in [2.24, 2.45) is 5.92 Å². The molecule has 8 heteroatoms. The molecule has 0 spiro atoms. The summed E-state index contributed by atoms with van der Waals surface area (Å²) in [6.07, 6.45) is 3.87. The van der Waals surface area contributed by atoms with Crippen LogP contribution in [-0.4, -0.2) is 34.2 Å². The number of nitrogens with one attached hydrogen (secondary N) is 2. The van der Waals surface area contributed by atoms with Crippen molar-refractivity contribution in [1.82, 2.24) is 20.4 Å². The molecule has 0 aliphatic carbocycles. The van der Waals surface area contributed by atoms with E-state index in [-0.39, 0.29) is 23.5 Å². The van der Waals surface area contributed by atoms with Gasteiger partial charge in [0.15, 0.2) is 5.16 Å². The first-order valence-corrected chi connectivity index (χ1v) is 8.86. The Hall–Kier alpha value is -2.48. The molecule has 1 aromatic heterocycles. The molecular formula is C17H22N4O3S. The number of aromatic nitrogens is 2. The molecule has 25 heavy (non-hydrogen) atoms. The quantitative estimate of drug-likeness (QED) is 0.582. The number of methoxy groups -OCH3 is 1. The van der Waals surface area contributed by atoms with Gasteiger partial charge in [0.1, 0.15) is 5.75 Å². The van der Waals surface area contributed by atoms with Crippen LogP contribution in [0.4, 0.5) is 0 Å². The molecule has 0 saturated carbocycles. The summed E-state index contributed by atoms with van der Waals surface area (Å²) in [5.74, 6) is 0.673. The molecule has 0 aliphatic heterocycles. The van der Waals surface area contributed by atoms with Crippen LogP contribution in [0.15, 0.2) is 41.8 Å². The maximum Gasteiger partial charge on any atom is 0.248 e. The van der Waals surface area contributed by atoms with E-state index in [0.29, 0.717) is 11.6 Å². The third-order valence-electron chi connectivity index (χ3n) is 3.22. The molecule has 134 valence electrons. The first-order valence-electron chi connectivity index (χ1n) is 7.88. The highest BCUT2D eigenvalue weighted by atomic mass is 32.2. The summed E-state index contributed by atoms with van der Waals surface area (Å²) in [4.78, 5) is 27.7. The second kappa shape index (κ2) is 9.12. The van der Waals surface area contributed by atoms with E-state index in [9.17, 15) is 9.59 Å². The summed E-state index contributed by atoms with van der Waals surface area (Å²) in [5.41, 5.74) is 5.74. The fourth-order valence-electron chi connectivity index (χ4n) is 2.06. The van der Waals surface area contributed by atoms with Crippen LogP contribution in [0.2, 0.25) is 0 Å². The average molecular weight is 362 g/mol. The van der Waals surface area contributed by atoms with Gasteiger partial charge >= 0.3 is 0 Å². The highest BCUT2D eigenvalue weighted by Crippen LogP contribution is 2.22. The van der Waals surface area contributed by atoms with E-state index >= 15 is 0 Å². The van der Waals surface area contributed by atoms with Crippen LogP contribution < -0.4 is 15.6 Å². The number of hydrogen-bond donors (Lipinski definition) is 2. The number of rotatable bonds is 7. The number of thioether (sulfide) groups is 1. The minimum atomic E-state index is -0.286. The van der Waals surface area contributed by atoms with Crippen molar-refractivity contribution in [3.05, 3.63) is 36.7 Å². The minimum Gasteiger partial charge on any atom is -0.497 e. The zero-order chi connectivity index (χ0) is 18.2. The number of hydrogen-bond acceptors (Lipinski definition) is 5. The zero-order valence-corrected chi connectivity index (χ0v) is 15.3. The topological polar surface area (TPSA) is 85.2 Å². The van der Waals surface area contributed by atoms with Crippen molar-refractivity contribution >= 4 is 23.6 Å². The minimum absolute atomic E-state index is 0.148. The van der Waals surface area contributed by atoms with E-state index in [1.165, 1.54) is 11.8 Å². The first-order chi connectivity index (χ1) is 12.0. The second-order valence-corrected chi connectivity index (χ2v) is 6.70. The van der Waals surface area contributed by atoms with Gasteiger partial charge in [-0.3, -0.25) is 25.0 Å². The van der Waals surface area contributed by atoms with E-state index in [1.54, 1.807) is 13.3 Å². The third kappa shape index (κ3) is 5.82. The maximum atomic E-state index is 11.9. The number of carbonyl (C=O) groups is 2. The molecule has 2 rings (SSSR count). The predicted octanol–water partition coefficient (Wildman–Crippen LogP) is 2.17. The Morgan fingerprint density at radius 3 is 2.52 bits per heavy atom. The summed E-state index contributed by atoms with van der Waals surface area (Å²) in [7, 11) is 1.62. The van der Waals surface area contributed by atoms with Gasteiger partial charge in [0.25, 0.3) is 0 Å². The number of benzene rings is 1. The summed E-state index contributed by atoms with van der Waals surface area (Å²) >= 11 is 1.29. The average Bonchev–Trinajstić information content (AvgIpc) is 3.06. The van der Waals surface area contributed by atoms with Crippen molar-refractivity contribution in [1.29, 1.82) is 0 Å². The van der Waals surface area contributed by atoms with Gasteiger partial charge in [0.2, 0.25) is 11.8 Å². The van der Waals surface area contributed by atoms with Crippen LogP contribution in [0.25, 0.3) is 5.69 Å². The number of hydrazine groups is 1. The van der Waals surface area contributed by atoms with Crippen molar-refractivity contribution in [3.63, 3.8) is 0 Å². The molecule has 0 atom stereocenters. The molecule has 1 heterocycles.